The molecule has 0 radical (unpaired) electrons. The van der Waals surface area contributed by atoms with E-state index in [1.54, 1.807) is 0 Å². The number of benzene rings is 5. The van der Waals surface area contributed by atoms with E-state index in [4.69, 9.17) is 0 Å². The second-order valence-corrected chi connectivity index (χ2v) is 9.85. The Morgan fingerprint density at radius 1 is 0.514 bits per heavy atom. The Kier molecular flexibility index (Phi) is 8.41. The summed E-state index contributed by atoms with van der Waals surface area (Å²) in [6, 6.07) is 34.4. The van der Waals surface area contributed by atoms with Crippen LogP contribution < -0.4 is 10.4 Å². The summed E-state index contributed by atoms with van der Waals surface area (Å²) in [5.74, 6) is 0. The van der Waals surface area contributed by atoms with E-state index in [9.17, 15) is 0 Å². The third kappa shape index (κ3) is 5.75. The highest BCUT2D eigenvalue weighted by atomic mass is 14.2. The Morgan fingerprint density at radius 3 is 1.84 bits per heavy atom. The van der Waals surface area contributed by atoms with Gasteiger partial charge < -0.3 is 0 Å². The van der Waals surface area contributed by atoms with E-state index < -0.39 is 0 Å². The van der Waals surface area contributed by atoms with E-state index >= 15 is 0 Å². The molecule has 0 nitrogen and oxygen atoms in total. The Hall–Kier alpha value is -3.90. The monoisotopic (exact) mass is 482 g/mol. The lowest BCUT2D eigenvalue weighted by Gasteiger charge is -2.19. The van der Waals surface area contributed by atoms with Gasteiger partial charge in [-0.2, -0.15) is 0 Å². The molecule has 0 saturated heterocycles. The molecular formula is C37H38. The van der Waals surface area contributed by atoms with Gasteiger partial charge in [-0.05, 0) is 114 Å². The van der Waals surface area contributed by atoms with Crippen LogP contribution in [0.3, 0.4) is 0 Å². The van der Waals surface area contributed by atoms with Crippen LogP contribution in [0.1, 0.15) is 40.3 Å². The number of hydrogen-bond acceptors (Lipinski definition) is 0. The molecule has 0 aliphatic rings. The van der Waals surface area contributed by atoms with Crippen LogP contribution in [-0.2, 0) is 6.42 Å². The standard InChI is InChI=1S/C21H22.C16H16/c1-13-9-8-12-19(14(13)2)21-17(5)15(3)16(4)18-10-6-7-11-20(18)21;1-2-15-10-6-7-11-16(15)13-12-14-8-4-3-5-9-14/h6-12H,1-5H3;2-11,13H,12H2,1H3/b;15-2-,16-13-. The molecule has 0 aliphatic carbocycles. The van der Waals surface area contributed by atoms with E-state index in [-0.39, 0.29) is 0 Å². The highest BCUT2D eigenvalue weighted by Crippen LogP contribution is 2.38. The summed E-state index contributed by atoms with van der Waals surface area (Å²) in [5, 5.41) is 5.36. The molecule has 0 bridgehead atoms. The summed E-state index contributed by atoms with van der Waals surface area (Å²) in [7, 11) is 0. The minimum atomic E-state index is 0.992. The van der Waals surface area contributed by atoms with Crippen molar-refractivity contribution in [1.29, 1.82) is 0 Å². The van der Waals surface area contributed by atoms with Crippen molar-refractivity contribution in [2.45, 2.75) is 48.0 Å². The third-order valence-electron chi connectivity index (χ3n) is 7.68. The zero-order chi connectivity index (χ0) is 26.4. The number of rotatable bonds is 3. The summed E-state index contributed by atoms with van der Waals surface area (Å²) < 4.78 is 0. The molecule has 0 amide bonds. The summed E-state index contributed by atoms with van der Waals surface area (Å²) in [6.45, 7) is 13.2. The van der Waals surface area contributed by atoms with Gasteiger partial charge in [0.05, 0.1) is 0 Å². The van der Waals surface area contributed by atoms with Crippen LogP contribution in [0.2, 0.25) is 0 Å². The predicted octanol–water partition coefficient (Wildman–Crippen LogP) is 8.56. The van der Waals surface area contributed by atoms with Gasteiger partial charge in [0, 0.05) is 0 Å². The fourth-order valence-corrected chi connectivity index (χ4v) is 5.07. The van der Waals surface area contributed by atoms with Gasteiger partial charge in [0.15, 0.2) is 0 Å². The molecular weight excluding hydrogens is 444 g/mol. The van der Waals surface area contributed by atoms with Crippen LogP contribution in [0.5, 0.6) is 0 Å². The smallest absolute Gasteiger partial charge is 0.00705 e. The summed E-state index contributed by atoms with van der Waals surface area (Å²) >= 11 is 0. The van der Waals surface area contributed by atoms with Crippen LogP contribution >= 0.6 is 0 Å². The van der Waals surface area contributed by atoms with Gasteiger partial charge in [-0.25, -0.2) is 0 Å². The van der Waals surface area contributed by atoms with Crippen molar-refractivity contribution in [3.63, 3.8) is 0 Å². The van der Waals surface area contributed by atoms with Crippen molar-refractivity contribution < 1.29 is 0 Å². The molecule has 0 aliphatic heterocycles. The molecule has 0 aromatic heterocycles. The molecule has 0 N–H and O–H groups in total. The highest BCUT2D eigenvalue weighted by molar-refractivity contribution is 6.01. The molecule has 0 atom stereocenters. The van der Waals surface area contributed by atoms with E-state index in [0.717, 1.165) is 6.42 Å². The van der Waals surface area contributed by atoms with Gasteiger partial charge in [-0.3, -0.25) is 0 Å². The molecule has 0 saturated carbocycles. The van der Waals surface area contributed by atoms with Gasteiger partial charge in [-0.15, -0.1) is 0 Å². The van der Waals surface area contributed by atoms with Crippen LogP contribution in [-0.4, -0.2) is 0 Å². The van der Waals surface area contributed by atoms with Crippen LogP contribution in [0, 0.1) is 34.6 Å². The molecule has 5 aromatic carbocycles. The average Bonchev–Trinajstić information content (AvgIpc) is 2.94. The zero-order valence-corrected chi connectivity index (χ0v) is 23.1. The van der Waals surface area contributed by atoms with Crippen molar-refractivity contribution in [3.8, 4) is 11.1 Å². The van der Waals surface area contributed by atoms with E-state index in [0.29, 0.717) is 0 Å². The first-order chi connectivity index (χ1) is 17.9. The minimum Gasteiger partial charge on any atom is -0.0798 e. The number of aryl methyl sites for hydroxylation is 2. The second kappa shape index (κ2) is 11.9. The topological polar surface area (TPSA) is 0 Å². The Balaban J connectivity index is 0.000000180. The molecule has 0 heterocycles. The highest BCUT2D eigenvalue weighted by Gasteiger charge is 2.15. The molecule has 37 heavy (non-hydrogen) atoms. The molecule has 5 rings (SSSR count). The first kappa shape index (κ1) is 26.2. The van der Waals surface area contributed by atoms with Crippen LogP contribution in [0.4, 0.5) is 0 Å². The fourth-order valence-electron chi connectivity index (χ4n) is 5.07. The molecule has 0 fully saturated rings. The van der Waals surface area contributed by atoms with Gasteiger partial charge in [-0.1, -0.05) is 109 Å². The summed E-state index contributed by atoms with van der Waals surface area (Å²) in [4.78, 5) is 0. The Bertz CT molecular complexity index is 1640. The van der Waals surface area contributed by atoms with Crippen LogP contribution in [0.15, 0.2) is 97.1 Å². The zero-order valence-electron chi connectivity index (χ0n) is 23.1. The van der Waals surface area contributed by atoms with Gasteiger partial charge in [0.1, 0.15) is 0 Å². The summed E-state index contributed by atoms with van der Waals surface area (Å²) in [6.07, 6.45) is 5.42. The normalized spacial score (nSPS) is 11.9. The maximum Gasteiger partial charge on any atom is -0.00705 e. The largest absolute Gasteiger partial charge is 0.0798 e. The van der Waals surface area contributed by atoms with Crippen molar-refractivity contribution >= 4 is 22.9 Å². The Morgan fingerprint density at radius 2 is 1.14 bits per heavy atom. The quantitative estimate of drug-likeness (QED) is 0.242. The van der Waals surface area contributed by atoms with Crippen molar-refractivity contribution in [2.24, 2.45) is 0 Å². The van der Waals surface area contributed by atoms with Crippen molar-refractivity contribution in [1.82, 2.24) is 0 Å². The maximum atomic E-state index is 2.28. The molecule has 0 unspecified atom stereocenters. The number of hydrogen-bond donors (Lipinski definition) is 0. The Labute approximate surface area is 222 Å². The van der Waals surface area contributed by atoms with Gasteiger partial charge in [0.25, 0.3) is 0 Å². The van der Waals surface area contributed by atoms with E-state index in [1.165, 1.54) is 65.7 Å². The van der Waals surface area contributed by atoms with E-state index in [1.807, 2.05) is 0 Å². The summed E-state index contributed by atoms with van der Waals surface area (Å²) in [5.41, 5.74) is 11.1. The third-order valence-corrected chi connectivity index (χ3v) is 7.68. The van der Waals surface area contributed by atoms with Gasteiger partial charge >= 0.3 is 0 Å². The molecule has 0 spiro atoms. The fraction of sp³-hybridized carbons (Fsp3) is 0.189. The molecule has 5 aromatic rings. The molecule has 0 heteroatoms. The second-order valence-electron chi connectivity index (χ2n) is 9.85. The lowest BCUT2D eigenvalue weighted by Crippen LogP contribution is -2.23. The first-order valence-electron chi connectivity index (χ1n) is 13.2. The van der Waals surface area contributed by atoms with Crippen molar-refractivity contribution in [2.75, 3.05) is 0 Å². The lowest BCUT2D eigenvalue weighted by atomic mass is 9.85. The average molecular weight is 483 g/mol. The minimum absolute atomic E-state index is 0.992. The number of fused-ring (bicyclic) bond motifs is 1. The molecule has 186 valence electrons. The maximum absolute atomic E-state index is 2.28. The predicted molar refractivity (Wildman–Crippen MR) is 164 cm³/mol. The van der Waals surface area contributed by atoms with Crippen LogP contribution in [0.25, 0.3) is 34.1 Å². The SMILES string of the molecule is C/C=c1/cccc/c1=C/Cc1ccccc1.Cc1cccc(-c2c(C)c(C)c(C)c3ccccc23)c1C. The van der Waals surface area contributed by atoms with Crippen molar-refractivity contribution in [3.05, 3.63) is 141 Å². The van der Waals surface area contributed by atoms with E-state index in [2.05, 4.69) is 151 Å². The first-order valence-corrected chi connectivity index (χ1v) is 13.2. The lowest BCUT2D eigenvalue weighted by molar-refractivity contribution is 1.28. The van der Waals surface area contributed by atoms with Gasteiger partial charge in [0.2, 0.25) is 0 Å².